The molecule has 0 fully saturated rings. The third kappa shape index (κ3) is 3.52. The number of amides is 1. The number of nitrogens with two attached hydrogens (primary N) is 1. The van der Waals surface area contributed by atoms with Gasteiger partial charge in [0.25, 0.3) is 5.91 Å². The highest BCUT2D eigenvalue weighted by Gasteiger charge is 2.33. The standard InChI is InChI=1S/C20H21F3N4O2/c1-9-11(3)29-26-18(9)20(28)27-6-5-13(17(24)10(27)2)19(25-4)12-7-14(21)16(23)15(22)8-12/h7-8,10H,5-6,24H2,1-4H3. The molecule has 1 aliphatic heterocycles. The summed E-state index contributed by atoms with van der Waals surface area (Å²) in [6.07, 6.45) is 0.311. The number of aliphatic imine (C=N–C) groups is 1. The molecule has 0 saturated heterocycles. The molecule has 2 aromatic rings. The van der Waals surface area contributed by atoms with Crippen LogP contribution in [0.3, 0.4) is 0 Å². The Balaban J connectivity index is 1.96. The van der Waals surface area contributed by atoms with E-state index in [1.165, 1.54) is 7.05 Å². The SMILES string of the molecule is CN=C(C1=C(N)C(C)N(C(=O)c2noc(C)c2C)CC1)c1cc(F)c(F)c(F)c1. The second kappa shape index (κ2) is 7.73. The molecule has 2 N–H and O–H groups in total. The van der Waals surface area contributed by atoms with Gasteiger partial charge in [-0.2, -0.15) is 0 Å². The first-order chi connectivity index (χ1) is 13.7. The first-order valence-corrected chi connectivity index (χ1v) is 9.01. The van der Waals surface area contributed by atoms with E-state index in [2.05, 4.69) is 10.1 Å². The number of hydrogen-bond acceptors (Lipinski definition) is 5. The summed E-state index contributed by atoms with van der Waals surface area (Å²) in [5, 5.41) is 3.83. The topological polar surface area (TPSA) is 84.7 Å². The summed E-state index contributed by atoms with van der Waals surface area (Å²) in [4.78, 5) is 18.6. The smallest absolute Gasteiger partial charge is 0.276 e. The van der Waals surface area contributed by atoms with Crippen molar-refractivity contribution in [1.82, 2.24) is 10.1 Å². The van der Waals surface area contributed by atoms with Gasteiger partial charge in [-0.25, -0.2) is 13.2 Å². The summed E-state index contributed by atoms with van der Waals surface area (Å²) in [5.74, 6) is -3.92. The van der Waals surface area contributed by atoms with Crippen LogP contribution in [0.5, 0.6) is 0 Å². The third-order valence-electron chi connectivity index (χ3n) is 5.26. The molecule has 0 spiro atoms. The summed E-state index contributed by atoms with van der Waals surface area (Å²) in [6.45, 7) is 5.51. The third-order valence-corrected chi connectivity index (χ3v) is 5.26. The highest BCUT2D eigenvalue weighted by molar-refractivity contribution is 6.13. The average Bonchev–Trinajstić information content (AvgIpc) is 3.02. The maximum absolute atomic E-state index is 13.7. The molecule has 1 aliphatic rings. The Morgan fingerprint density at radius 3 is 2.41 bits per heavy atom. The van der Waals surface area contributed by atoms with Crippen molar-refractivity contribution in [3.05, 3.63) is 63.4 Å². The van der Waals surface area contributed by atoms with Crippen molar-refractivity contribution in [2.75, 3.05) is 13.6 Å². The molecule has 1 atom stereocenters. The minimum absolute atomic E-state index is 0.0804. The Morgan fingerprint density at radius 2 is 1.90 bits per heavy atom. The second-order valence-corrected chi connectivity index (χ2v) is 6.90. The van der Waals surface area contributed by atoms with Crippen molar-refractivity contribution < 1.29 is 22.5 Å². The molecule has 1 amide bonds. The van der Waals surface area contributed by atoms with Crippen LogP contribution in [-0.4, -0.2) is 41.3 Å². The maximum atomic E-state index is 13.7. The van der Waals surface area contributed by atoms with E-state index >= 15 is 0 Å². The van der Waals surface area contributed by atoms with Crippen molar-refractivity contribution >= 4 is 11.6 Å². The molecule has 0 aliphatic carbocycles. The van der Waals surface area contributed by atoms with Crippen molar-refractivity contribution in [3.8, 4) is 0 Å². The summed E-state index contributed by atoms with van der Waals surface area (Å²) in [5.41, 5.74) is 8.40. The molecule has 154 valence electrons. The summed E-state index contributed by atoms with van der Waals surface area (Å²) < 4.78 is 45.8. The highest BCUT2D eigenvalue weighted by atomic mass is 19.2. The number of nitrogens with zero attached hydrogens (tertiary/aromatic N) is 3. The quantitative estimate of drug-likeness (QED) is 0.626. The number of aromatic nitrogens is 1. The fourth-order valence-corrected chi connectivity index (χ4v) is 3.41. The van der Waals surface area contributed by atoms with Gasteiger partial charge in [-0.15, -0.1) is 0 Å². The van der Waals surface area contributed by atoms with E-state index in [-0.39, 0.29) is 22.9 Å². The van der Waals surface area contributed by atoms with Crippen LogP contribution in [0.2, 0.25) is 0 Å². The number of benzene rings is 1. The van der Waals surface area contributed by atoms with Crippen molar-refractivity contribution in [3.63, 3.8) is 0 Å². The molecular weight excluding hydrogens is 385 g/mol. The lowest BCUT2D eigenvalue weighted by molar-refractivity contribution is 0.0695. The van der Waals surface area contributed by atoms with Gasteiger partial charge in [0.1, 0.15) is 5.76 Å². The Labute approximate surface area is 165 Å². The molecule has 0 radical (unpaired) electrons. The molecule has 1 unspecified atom stereocenters. The van der Waals surface area contributed by atoms with Crippen LogP contribution in [0, 0.1) is 31.3 Å². The number of carbonyl (C=O) groups is 1. The predicted molar refractivity (Wildman–Crippen MR) is 101 cm³/mol. The van der Waals surface area contributed by atoms with Gasteiger partial charge in [0.15, 0.2) is 23.1 Å². The maximum Gasteiger partial charge on any atom is 0.276 e. The fourth-order valence-electron chi connectivity index (χ4n) is 3.41. The van der Waals surface area contributed by atoms with Crippen LogP contribution in [0.15, 0.2) is 32.9 Å². The van der Waals surface area contributed by atoms with E-state index in [0.29, 0.717) is 35.6 Å². The van der Waals surface area contributed by atoms with Crippen molar-refractivity contribution in [2.45, 2.75) is 33.2 Å². The molecule has 0 bridgehead atoms. The minimum Gasteiger partial charge on any atom is -0.400 e. The molecule has 6 nitrogen and oxygen atoms in total. The fraction of sp³-hybridized carbons (Fsp3) is 0.350. The summed E-state index contributed by atoms with van der Waals surface area (Å²) in [6, 6.07) is 1.25. The van der Waals surface area contributed by atoms with Crippen LogP contribution < -0.4 is 5.73 Å². The van der Waals surface area contributed by atoms with E-state index in [9.17, 15) is 18.0 Å². The van der Waals surface area contributed by atoms with E-state index in [4.69, 9.17) is 10.3 Å². The van der Waals surface area contributed by atoms with Crippen LogP contribution in [-0.2, 0) is 0 Å². The molecule has 0 saturated carbocycles. The first kappa shape index (κ1) is 20.6. The molecule has 9 heteroatoms. The number of halogens is 3. The van der Waals surface area contributed by atoms with Gasteiger partial charge in [0.2, 0.25) is 0 Å². The summed E-state index contributed by atoms with van der Waals surface area (Å²) >= 11 is 0. The van der Waals surface area contributed by atoms with Gasteiger partial charge >= 0.3 is 0 Å². The zero-order valence-electron chi connectivity index (χ0n) is 16.5. The Hall–Kier alpha value is -3.10. The van der Waals surface area contributed by atoms with Crippen LogP contribution in [0.4, 0.5) is 13.2 Å². The van der Waals surface area contributed by atoms with Crippen LogP contribution in [0.1, 0.15) is 40.7 Å². The lowest BCUT2D eigenvalue weighted by Gasteiger charge is -2.35. The molecule has 29 heavy (non-hydrogen) atoms. The number of aryl methyl sites for hydroxylation is 1. The molecular formula is C20H21F3N4O2. The average molecular weight is 406 g/mol. The zero-order valence-corrected chi connectivity index (χ0v) is 16.5. The molecule has 1 aromatic carbocycles. The van der Waals surface area contributed by atoms with Gasteiger partial charge in [-0.3, -0.25) is 9.79 Å². The van der Waals surface area contributed by atoms with Crippen LogP contribution >= 0.6 is 0 Å². The Bertz CT molecular complexity index is 1020. The minimum atomic E-state index is -1.54. The number of carbonyl (C=O) groups excluding carboxylic acids is 1. The molecule has 3 rings (SSSR count). The predicted octanol–water partition coefficient (Wildman–Crippen LogP) is 3.28. The van der Waals surface area contributed by atoms with Gasteiger partial charge < -0.3 is 15.2 Å². The van der Waals surface area contributed by atoms with E-state index in [1.807, 2.05) is 0 Å². The monoisotopic (exact) mass is 406 g/mol. The van der Waals surface area contributed by atoms with E-state index in [1.54, 1.807) is 25.7 Å². The first-order valence-electron chi connectivity index (χ1n) is 9.01. The zero-order chi connectivity index (χ0) is 21.5. The number of hydrogen-bond donors (Lipinski definition) is 1. The summed E-state index contributed by atoms with van der Waals surface area (Å²) in [7, 11) is 1.46. The second-order valence-electron chi connectivity index (χ2n) is 6.90. The normalized spacial score (nSPS) is 17.8. The van der Waals surface area contributed by atoms with Crippen molar-refractivity contribution in [2.24, 2.45) is 10.7 Å². The van der Waals surface area contributed by atoms with Gasteiger partial charge in [-0.05, 0) is 39.3 Å². The Morgan fingerprint density at radius 1 is 1.28 bits per heavy atom. The molecule has 1 aromatic heterocycles. The Kier molecular flexibility index (Phi) is 5.50. The largest absolute Gasteiger partial charge is 0.400 e. The number of rotatable bonds is 3. The lowest BCUT2D eigenvalue weighted by atomic mass is 9.91. The van der Waals surface area contributed by atoms with Gasteiger partial charge in [-0.1, -0.05) is 5.16 Å². The van der Waals surface area contributed by atoms with E-state index < -0.39 is 23.5 Å². The van der Waals surface area contributed by atoms with Gasteiger partial charge in [0, 0.05) is 36.0 Å². The van der Waals surface area contributed by atoms with Crippen LogP contribution in [0.25, 0.3) is 0 Å². The molecule has 2 heterocycles. The van der Waals surface area contributed by atoms with E-state index in [0.717, 1.165) is 12.1 Å². The van der Waals surface area contributed by atoms with Crippen molar-refractivity contribution in [1.29, 1.82) is 0 Å². The highest BCUT2D eigenvalue weighted by Crippen LogP contribution is 2.27. The lowest BCUT2D eigenvalue weighted by Crippen LogP contribution is -2.46. The van der Waals surface area contributed by atoms with Gasteiger partial charge in [0.05, 0.1) is 11.8 Å².